The van der Waals surface area contributed by atoms with Crippen molar-refractivity contribution < 1.29 is 33.2 Å². The first-order chi connectivity index (χ1) is 16.8. The number of benzene rings is 1. The van der Waals surface area contributed by atoms with Crippen LogP contribution in [0, 0.1) is 11.6 Å². The second-order valence-corrected chi connectivity index (χ2v) is 9.76. The number of H-pyrrole nitrogens is 1. The van der Waals surface area contributed by atoms with Gasteiger partial charge in [-0.2, -0.15) is 0 Å². The van der Waals surface area contributed by atoms with Crippen molar-refractivity contribution in [1.29, 1.82) is 0 Å². The van der Waals surface area contributed by atoms with Crippen LogP contribution in [0.4, 0.5) is 14.5 Å². The molecule has 35 heavy (non-hydrogen) atoms. The van der Waals surface area contributed by atoms with Gasteiger partial charge in [-0.25, -0.2) is 13.8 Å². The van der Waals surface area contributed by atoms with Crippen LogP contribution < -0.4 is 9.64 Å². The van der Waals surface area contributed by atoms with Gasteiger partial charge in [-0.05, 0) is 24.6 Å². The van der Waals surface area contributed by atoms with Gasteiger partial charge in [0.2, 0.25) is 5.88 Å². The highest BCUT2D eigenvalue weighted by Crippen LogP contribution is 2.40. The standard InChI is InChI=1S/C23H21Cl2F2N3O5/c24-11-5-14-20(18(25)23(28-14)35-16-8-34-21-15(32)7-33-22(16)21)29-19(11)17-12(26)3-9(4-13(17)27)30-2-1-10(31)6-30/h3-5,10,15-16,21-22,28,31-32H,1-2,6-8H2/t10-,15-,16-,21-,22-/m1/s1. The first-order valence-corrected chi connectivity index (χ1v) is 11.9. The average molecular weight is 528 g/mol. The van der Waals surface area contributed by atoms with Crippen LogP contribution in [0.1, 0.15) is 6.42 Å². The number of ether oxygens (including phenoxy) is 3. The zero-order valence-electron chi connectivity index (χ0n) is 18.2. The molecule has 5 atom stereocenters. The highest BCUT2D eigenvalue weighted by molar-refractivity contribution is 6.38. The smallest absolute Gasteiger partial charge is 0.213 e. The molecule has 3 aliphatic rings. The van der Waals surface area contributed by atoms with E-state index in [4.69, 9.17) is 37.4 Å². The number of aliphatic hydroxyl groups is 2. The Bertz CT molecular complexity index is 1280. The minimum atomic E-state index is -0.829. The molecule has 6 rings (SSSR count). The Kier molecular flexibility index (Phi) is 5.78. The largest absolute Gasteiger partial charge is 0.469 e. The van der Waals surface area contributed by atoms with Gasteiger partial charge in [0.15, 0.2) is 6.10 Å². The lowest BCUT2D eigenvalue weighted by atomic mass is 10.1. The number of hydrogen-bond donors (Lipinski definition) is 3. The van der Waals surface area contributed by atoms with Gasteiger partial charge >= 0.3 is 0 Å². The number of β-amino-alcohol motifs (C(OH)–C–C–N with tert-alkyl or cyclic N) is 1. The van der Waals surface area contributed by atoms with E-state index in [1.54, 1.807) is 4.90 Å². The first-order valence-electron chi connectivity index (χ1n) is 11.2. The van der Waals surface area contributed by atoms with E-state index in [2.05, 4.69) is 9.97 Å². The van der Waals surface area contributed by atoms with Gasteiger partial charge in [0, 0.05) is 18.8 Å². The SMILES string of the molecule is O[C@@H]1CCN(c2cc(F)c(-c3nc4c(Cl)c(O[C@@H]5CO[C@H]6[C@@H]5OC[C@H]6O)[nH]c4cc3Cl)c(F)c2)C1. The molecule has 0 radical (unpaired) electrons. The second kappa shape index (κ2) is 8.72. The molecule has 2 aromatic heterocycles. The zero-order chi connectivity index (χ0) is 24.4. The van der Waals surface area contributed by atoms with Gasteiger partial charge in [0.05, 0.1) is 41.1 Å². The molecule has 0 bridgehead atoms. The third-order valence-electron chi connectivity index (χ3n) is 6.67. The number of aliphatic hydroxyl groups excluding tert-OH is 2. The van der Waals surface area contributed by atoms with E-state index in [0.717, 1.165) is 0 Å². The van der Waals surface area contributed by atoms with Crippen LogP contribution in [0.15, 0.2) is 18.2 Å². The molecule has 3 aromatic rings. The number of nitrogens with one attached hydrogen (secondary N) is 1. The highest BCUT2D eigenvalue weighted by atomic mass is 35.5. The predicted octanol–water partition coefficient (Wildman–Crippen LogP) is 3.29. The summed E-state index contributed by atoms with van der Waals surface area (Å²) in [6, 6.07) is 3.89. The summed E-state index contributed by atoms with van der Waals surface area (Å²) in [5.41, 5.74) is 0.519. The summed E-state index contributed by atoms with van der Waals surface area (Å²) >= 11 is 12.9. The molecular weight excluding hydrogens is 507 g/mol. The quantitative estimate of drug-likeness (QED) is 0.478. The maximum Gasteiger partial charge on any atom is 0.213 e. The van der Waals surface area contributed by atoms with Crippen LogP contribution in [-0.4, -0.2) is 77.0 Å². The highest BCUT2D eigenvalue weighted by Gasteiger charge is 2.48. The normalized spacial score (nSPS) is 28.3. The predicted molar refractivity (Wildman–Crippen MR) is 124 cm³/mol. The molecule has 0 amide bonds. The summed E-state index contributed by atoms with van der Waals surface area (Å²) in [5, 5.41) is 19.8. The minimum absolute atomic E-state index is 0.0237. The number of nitrogens with zero attached hydrogens (tertiary/aromatic N) is 2. The molecular formula is C23H21Cl2F2N3O5. The molecule has 3 N–H and O–H groups in total. The van der Waals surface area contributed by atoms with Crippen LogP contribution in [0.2, 0.25) is 10.0 Å². The van der Waals surface area contributed by atoms with Crippen molar-refractivity contribution in [1.82, 2.24) is 9.97 Å². The molecule has 12 heteroatoms. The number of fused-ring (bicyclic) bond motifs is 2. The molecule has 8 nitrogen and oxygen atoms in total. The topological polar surface area (TPSA) is 100 Å². The van der Waals surface area contributed by atoms with Gasteiger partial charge in [-0.1, -0.05) is 23.2 Å². The average Bonchev–Trinajstić information content (AvgIpc) is 3.57. The molecule has 5 heterocycles. The summed E-state index contributed by atoms with van der Waals surface area (Å²) < 4.78 is 47.3. The molecule has 0 spiro atoms. The van der Waals surface area contributed by atoms with Crippen LogP contribution in [0.3, 0.4) is 0 Å². The third kappa shape index (κ3) is 3.92. The maximum atomic E-state index is 15.1. The number of halogens is 4. The Morgan fingerprint density at radius 2 is 1.83 bits per heavy atom. The number of anilines is 1. The fourth-order valence-corrected chi connectivity index (χ4v) is 5.42. The van der Waals surface area contributed by atoms with Crippen molar-refractivity contribution in [2.45, 2.75) is 36.9 Å². The Morgan fingerprint density at radius 3 is 2.54 bits per heavy atom. The van der Waals surface area contributed by atoms with Gasteiger partial charge in [-0.15, -0.1) is 0 Å². The molecule has 186 valence electrons. The Morgan fingerprint density at radius 1 is 1.09 bits per heavy atom. The van der Waals surface area contributed by atoms with Gasteiger partial charge in [0.25, 0.3) is 0 Å². The van der Waals surface area contributed by atoms with Crippen molar-refractivity contribution in [3.05, 3.63) is 39.9 Å². The summed E-state index contributed by atoms with van der Waals surface area (Å²) in [7, 11) is 0. The lowest BCUT2D eigenvalue weighted by Crippen LogP contribution is -2.34. The van der Waals surface area contributed by atoms with Gasteiger partial charge < -0.3 is 34.3 Å². The van der Waals surface area contributed by atoms with Gasteiger partial charge in [-0.3, -0.25) is 0 Å². The number of pyridine rings is 1. The van der Waals surface area contributed by atoms with Crippen LogP contribution >= 0.6 is 23.2 Å². The van der Waals surface area contributed by atoms with Crippen molar-refractivity contribution in [2.24, 2.45) is 0 Å². The van der Waals surface area contributed by atoms with Crippen molar-refractivity contribution in [2.75, 3.05) is 31.2 Å². The van der Waals surface area contributed by atoms with E-state index < -0.39 is 42.2 Å². The fraction of sp³-hybridized carbons (Fsp3) is 0.435. The Hall–Kier alpha value is -2.21. The van der Waals surface area contributed by atoms with Crippen LogP contribution in [0.5, 0.6) is 5.88 Å². The summed E-state index contributed by atoms with van der Waals surface area (Å²) in [6.45, 7) is 1.17. The van der Waals surface area contributed by atoms with E-state index >= 15 is 8.78 Å². The Balaban J connectivity index is 1.33. The first kappa shape index (κ1) is 23.2. The second-order valence-electron chi connectivity index (χ2n) is 8.98. The monoisotopic (exact) mass is 527 g/mol. The van der Waals surface area contributed by atoms with Crippen molar-refractivity contribution >= 4 is 39.9 Å². The zero-order valence-corrected chi connectivity index (χ0v) is 19.7. The molecule has 0 aliphatic carbocycles. The summed E-state index contributed by atoms with van der Waals surface area (Å²) in [5.74, 6) is -1.47. The lowest BCUT2D eigenvalue weighted by Gasteiger charge is -2.19. The van der Waals surface area contributed by atoms with E-state index in [1.807, 2.05) is 0 Å². The number of hydrogen-bond acceptors (Lipinski definition) is 7. The lowest BCUT2D eigenvalue weighted by molar-refractivity contribution is 0.00796. The molecule has 3 aliphatic heterocycles. The maximum absolute atomic E-state index is 15.1. The van der Waals surface area contributed by atoms with E-state index in [1.165, 1.54) is 18.2 Å². The van der Waals surface area contributed by atoms with Crippen LogP contribution in [0.25, 0.3) is 22.3 Å². The van der Waals surface area contributed by atoms with E-state index in [-0.39, 0.29) is 45.9 Å². The van der Waals surface area contributed by atoms with E-state index in [9.17, 15) is 10.2 Å². The minimum Gasteiger partial charge on any atom is -0.469 e. The molecule has 1 aromatic carbocycles. The molecule has 0 unspecified atom stereocenters. The Labute approximate surface area is 208 Å². The molecule has 0 saturated carbocycles. The third-order valence-corrected chi connectivity index (χ3v) is 7.31. The van der Waals surface area contributed by atoms with Crippen molar-refractivity contribution in [3.63, 3.8) is 0 Å². The summed E-state index contributed by atoms with van der Waals surface area (Å²) in [6.07, 6.45) is -2.14. The van der Waals surface area contributed by atoms with Gasteiger partial charge in [0.1, 0.15) is 40.5 Å². The van der Waals surface area contributed by atoms with E-state index in [0.29, 0.717) is 30.7 Å². The number of aromatic amines is 1. The number of aromatic nitrogens is 2. The summed E-state index contributed by atoms with van der Waals surface area (Å²) in [4.78, 5) is 9.07. The fourth-order valence-electron chi connectivity index (χ4n) is 4.93. The molecule has 3 fully saturated rings. The van der Waals surface area contributed by atoms with Crippen molar-refractivity contribution in [3.8, 4) is 17.1 Å². The molecule has 3 saturated heterocycles. The van der Waals surface area contributed by atoms with Crippen LogP contribution in [-0.2, 0) is 9.47 Å². The number of rotatable bonds is 4.